The van der Waals surface area contributed by atoms with Crippen molar-refractivity contribution in [1.82, 2.24) is 15.2 Å². The molecule has 1 aliphatic rings. The van der Waals surface area contributed by atoms with E-state index in [0.717, 1.165) is 11.1 Å². The molecule has 0 bridgehead atoms. The zero-order valence-electron chi connectivity index (χ0n) is 21.9. The molecule has 1 N–H and O–H groups in total. The Hall–Kier alpha value is -3.26. The molecule has 1 aliphatic heterocycles. The molecule has 2 heterocycles. The highest BCUT2D eigenvalue weighted by Gasteiger charge is 2.28. The standard InChI is InChI=1S/C28H37N3O5/c1-19-8-6-9-20(14-19)15-22-16-21(17-24(30-22)26(33)29-5)25(32)11-7-10-23-18-31(12-13-35-23)27(34)36-28(2,3)4/h6,8-9,14,16-17,23H,7,10-13,15,18H2,1-5H3,(H,29,33)/t23-/m1/s1. The van der Waals surface area contributed by atoms with Crippen molar-refractivity contribution in [2.24, 2.45) is 0 Å². The minimum atomic E-state index is -0.548. The molecule has 1 saturated heterocycles. The molecule has 1 atom stereocenters. The Kier molecular flexibility index (Phi) is 9.20. The fourth-order valence-electron chi connectivity index (χ4n) is 4.14. The molecule has 0 spiro atoms. The van der Waals surface area contributed by atoms with Crippen LogP contribution in [0.5, 0.6) is 0 Å². The number of nitrogens with zero attached hydrogens (tertiary/aromatic N) is 2. The van der Waals surface area contributed by atoms with Crippen LogP contribution in [-0.2, 0) is 15.9 Å². The lowest BCUT2D eigenvalue weighted by Crippen LogP contribution is -2.47. The van der Waals surface area contributed by atoms with Crippen LogP contribution in [0.25, 0.3) is 0 Å². The number of carbonyl (C=O) groups is 3. The van der Waals surface area contributed by atoms with Crippen LogP contribution in [-0.4, -0.2) is 66.1 Å². The molecular formula is C28H37N3O5. The van der Waals surface area contributed by atoms with E-state index in [0.29, 0.717) is 56.6 Å². The van der Waals surface area contributed by atoms with Crippen molar-refractivity contribution in [1.29, 1.82) is 0 Å². The summed E-state index contributed by atoms with van der Waals surface area (Å²) in [4.78, 5) is 43.9. The summed E-state index contributed by atoms with van der Waals surface area (Å²) in [6.07, 6.45) is 1.61. The Balaban J connectivity index is 1.62. The van der Waals surface area contributed by atoms with Crippen LogP contribution in [0.3, 0.4) is 0 Å². The summed E-state index contributed by atoms with van der Waals surface area (Å²) in [5.74, 6) is -0.374. The molecule has 0 saturated carbocycles. The van der Waals surface area contributed by atoms with Crippen molar-refractivity contribution in [2.75, 3.05) is 26.7 Å². The van der Waals surface area contributed by atoms with Crippen LogP contribution in [0.2, 0.25) is 0 Å². The average molecular weight is 496 g/mol. The number of ketones is 1. The number of amides is 2. The normalized spacial score (nSPS) is 15.9. The first kappa shape index (κ1) is 27.3. The lowest BCUT2D eigenvalue weighted by Gasteiger charge is -2.34. The summed E-state index contributed by atoms with van der Waals surface area (Å²) in [7, 11) is 1.55. The summed E-state index contributed by atoms with van der Waals surface area (Å²) < 4.78 is 11.3. The summed E-state index contributed by atoms with van der Waals surface area (Å²) in [6.45, 7) is 8.93. The molecule has 194 valence electrons. The maximum atomic E-state index is 13.1. The number of nitrogens with one attached hydrogen (secondary N) is 1. The highest BCUT2D eigenvalue weighted by molar-refractivity contribution is 5.99. The van der Waals surface area contributed by atoms with Crippen LogP contribution < -0.4 is 5.32 Å². The number of rotatable bonds is 8. The molecule has 1 aromatic heterocycles. The minimum Gasteiger partial charge on any atom is -0.444 e. The number of carbonyl (C=O) groups excluding carboxylic acids is 3. The van der Waals surface area contributed by atoms with Gasteiger partial charge in [0, 0.05) is 37.7 Å². The van der Waals surface area contributed by atoms with Gasteiger partial charge in [-0.05, 0) is 58.2 Å². The number of benzene rings is 1. The van der Waals surface area contributed by atoms with Gasteiger partial charge in [-0.15, -0.1) is 0 Å². The lowest BCUT2D eigenvalue weighted by molar-refractivity contribution is -0.0450. The predicted octanol–water partition coefficient (Wildman–Crippen LogP) is 4.33. The zero-order valence-corrected chi connectivity index (χ0v) is 21.9. The predicted molar refractivity (Wildman–Crippen MR) is 137 cm³/mol. The minimum absolute atomic E-state index is 0.0483. The smallest absolute Gasteiger partial charge is 0.410 e. The number of hydrogen-bond donors (Lipinski definition) is 1. The Morgan fingerprint density at radius 1 is 1.19 bits per heavy atom. The summed E-state index contributed by atoms with van der Waals surface area (Å²) in [6, 6.07) is 11.4. The molecule has 8 heteroatoms. The van der Waals surface area contributed by atoms with Crippen molar-refractivity contribution in [3.05, 3.63) is 64.5 Å². The zero-order chi connectivity index (χ0) is 26.3. The Morgan fingerprint density at radius 2 is 1.97 bits per heavy atom. The summed E-state index contributed by atoms with van der Waals surface area (Å²) in [5, 5.41) is 2.59. The van der Waals surface area contributed by atoms with E-state index in [1.165, 1.54) is 0 Å². The Morgan fingerprint density at radius 3 is 2.67 bits per heavy atom. The first-order valence-electron chi connectivity index (χ1n) is 12.5. The molecule has 36 heavy (non-hydrogen) atoms. The van der Waals surface area contributed by atoms with Gasteiger partial charge in [0.05, 0.1) is 19.3 Å². The van der Waals surface area contributed by atoms with Crippen molar-refractivity contribution >= 4 is 17.8 Å². The van der Waals surface area contributed by atoms with Gasteiger partial charge in [0.2, 0.25) is 0 Å². The molecule has 2 amide bonds. The highest BCUT2D eigenvalue weighted by atomic mass is 16.6. The number of Topliss-reactive ketones (excluding diaryl/α,β-unsaturated/α-hetero) is 1. The van der Waals surface area contributed by atoms with Gasteiger partial charge in [-0.3, -0.25) is 9.59 Å². The third-order valence-corrected chi connectivity index (χ3v) is 5.85. The van der Waals surface area contributed by atoms with Crippen molar-refractivity contribution in [3.63, 3.8) is 0 Å². The fraction of sp³-hybridized carbons (Fsp3) is 0.500. The van der Waals surface area contributed by atoms with Crippen LogP contribution in [0.1, 0.15) is 77.7 Å². The van der Waals surface area contributed by atoms with E-state index < -0.39 is 5.60 Å². The second-order valence-electron chi connectivity index (χ2n) is 10.2. The third kappa shape index (κ3) is 8.16. The summed E-state index contributed by atoms with van der Waals surface area (Å²) in [5.41, 5.74) is 3.04. The number of hydrogen-bond acceptors (Lipinski definition) is 6. The van der Waals surface area contributed by atoms with Gasteiger partial charge >= 0.3 is 6.09 Å². The second kappa shape index (κ2) is 12.1. The second-order valence-corrected chi connectivity index (χ2v) is 10.2. The Labute approximate surface area is 213 Å². The number of ether oxygens (including phenoxy) is 2. The maximum Gasteiger partial charge on any atom is 0.410 e. The van der Waals surface area contributed by atoms with E-state index >= 15 is 0 Å². The van der Waals surface area contributed by atoms with Crippen molar-refractivity contribution in [3.8, 4) is 0 Å². The van der Waals surface area contributed by atoms with E-state index in [-0.39, 0.29) is 29.6 Å². The van der Waals surface area contributed by atoms with Gasteiger partial charge in [0.15, 0.2) is 5.78 Å². The third-order valence-electron chi connectivity index (χ3n) is 5.85. The molecule has 3 rings (SSSR count). The molecule has 8 nitrogen and oxygen atoms in total. The SMILES string of the molecule is CNC(=O)c1cc(C(=O)CCC[C@@H]2CN(C(=O)OC(C)(C)C)CCO2)cc(Cc2cccc(C)c2)n1. The van der Waals surface area contributed by atoms with Crippen LogP contribution in [0.15, 0.2) is 36.4 Å². The quantitative estimate of drug-likeness (QED) is 0.548. The maximum absolute atomic E-state index is 13.1. The molecule has 1 aromatic carbocycles. The van der Waals surface area contributed by atoms with E-state index in [2.05, 4.69) is 16.4 Å². The van der Waals surface area contributed by atoms with E-state index in [1.54, 1.807) is 24.1 Å². The molecule has 0 unspecified atom stereocenters. The fourth-order valence-corrected chi connectivity index (χ4v) is 4.14. The van der Waals surface area contributed by atoms with Gasteiger partial charge < -0.3 is 19.7 Å². The lowest BCUT2D eigenvalue weighted by atomic mass is 10.00. The van der Waals surface area contributed by atoms with E-state index in [4.69, 9.17) is 9.47 Å². The topological polar surface area (TPSA) is 97.8 Å². The van der Waals surface area contributed by atoms with Gasteiger partial charge in [-0.1, -0.05) is 29.8 Å². The number of pyridine rings is 1. The number of aromatic nitrogens is 1. The van der Waals surface area contributed by atoms with E-state index in [9.17, 15) is 14.4 Å². The molecule has 2 aromatic rings. The van der Waals surface area contributed by atoms with E-state index in [1.807, 2.05) is 45.9 Å². The monoisotopic (exact) mass is 495 g/mol. The number of aryl methyl sites for hydroxylation is 1. The molecule has 1 fully saturated rings. The molecule has 0 radical (unpaired) electrons. The molecule has 0 aliphatic carbocycles. The van der Waals surface area contributed by atoms with Gasteiger partial charge in [0.1, 0.15) is 11.3 Å². The van der Waals surface area contributed by atoms with Crippen LogP contribution in [0.4, 0.5) is 4.79 Å². The number of morpholine rings is 1. The van der Waals surface area contributed by atoms with Gasteiger partial charge in [-0.2, -0.15) is 0 Å². The highest BCUT2D eigenvalue weighted by Crippen LogP contribution is 2.19. The average Bonchev–Trinajstić information content (AvgIpc) is 2.82. The van der Waals surface area contributed by atoms with Crippen LogP contribution >= 0.6 is 0 Å². The van der Waals surface area contributed by atoms with Gasteiger partial charge in [0.25, 0.3) is 5.91 Å². The largest absolute Gasteiger partial charge is 0.444 e. The Bertz CT molecular complexity index is 1090. The van der Waals surface area contributed by atoms with Crippen molar-refractivity contribution < 1.29 is 23.9 Å². The van der Waals surface area contributed by atoms with Gasteiger partial charge in [-0.25, -0.2) is 9.78 Å². The first-order chi connectivity index (χ1) is 17.0. The molecular weight excluding hydrogens is 458 g/mol. The summed E-state index contributed by atoms with van der Waals surface area (Å²) >= 11 is 0. The van der Waals surface area contributed by atoms with Crippen LogP contribution in [0, 0.1) is 6.92 Å². The first-order valence-corrected chi connectivity index (χ1v) is 12.5. The van der Waals surface area contributed by atoms with Crippen molar-refractivity contribution in [2.45, 2.75) is 65.1 Å².